The van der Waals surface area contributed by atoms with Crippen LogP contribution in [-0.4, -0.2) is 20.9 Å². The molecule has 2 aromatic rings. The van der Waals surface area contributed by atoms with Gasteiger partial charge in [-0.2, -0.15) is 0 Å². The normalized spacial score (nSPS) is 11.2. The van der Waals surface area contributed by atoms with Crippen LogP contribution in [0, 0.1) is 20.2 Å². The molecule has 1 N–H and O–H groups in total. The molecule has 128 valence electrons. The molecule has 0 radical (unpaired) electrons. The SMILES string of the molecule is CCc1ccc(C(=CC(=O)O)c2cccc([N+](=O)[O-])c2)cc1[N+](=O)[O-]. The van der Waals surface area contributed by atoms with Gasteiger partial charge in [0.1, 0.15) is 0 Å². The van der Waals surface area contributed by atoms with E-state index in [4.69, 9.17) is 5.11 Å². The molecule has 0 saturated carbocycles. The van der Waals surface area contributed by atoms with E-state index in [9.17, 15) is 25.0 Å². The predicted octanol–water partition coefficient (Wildman–Crippen LogP) is 3.58. The zero-order chi connectivity index (χ0) is 18.6. The molecule has 0 heterocycles. The van der Waals surface area contributed by atoms with Gasteiger partial charge in [-0.05, 0) is 23.1 Å². The molecule has 0 fully saturated rings. The number of carboxylic acid groups (broad SMARTS) is 1. The number of nitro groups is 2. The maximum Gasteiger partial charge on any atom is 0.328 e. The molecule has 0 atom stereocenters. The van der Waals surface area contributed by atoms with Crippen LogP contribution in [0.1, 0.15) is 23.6 Å². The first kappa shape index (κ1) is 17.8. The molecule has 0 aliphatic rings. The summed E-state index contributed by atoms with van der Waals surface area (Å²) >= 11 is 0. The van der Waals surface area contributed by atoms with Crippen LogP contribution in [0.4, 0.5) is 11.4 Å². The number of hydrogen-bond donors (Lipinski definition) is 1. The number of carbonyl (C=O) groups is 1. The van der Waals surface area contributed by atoms with Crippen molar-refractivity contribution in [2.24, 2.45) is 0 Å². The Morgan fingerprint density at radius 1 is 1.08 bits per heavy atom. The summed E-state index contributed by atoms with van der Waals surface area (Å²) in [5.41, 5.74) is 0.932. The highest BCUT2D eigenvalue weighted by Gasteiger charge is 2.17. The Morgan fingerprint density at radius 3 is 2.32 bits per heavy atom. The van der Waals surface area contributed by atoms with E-state index in [1.54, 1.807) is 19.1 Å². The number of non-ortho nitro benzene ring substituents is 1. The molecule has 0 aromatic heterocycles. The second kappa shape index (κ2) is 7.35. The van der Waals surface area contributed by atoms with Crippen molar-refractivity contribution in [3.63, 3.8) is 0 Å². The van der Waals surface area contributed by atoms with Crippen LogP contribution in [0.25, 0.3) is 5.57 Å². The first-order chi connectivity index (χ1) is 11.8. The van der Waals surface area contributed by atoms with Gasteiger partial charge in [0.2, 0.25) is 0 Å². The van der Waals surface area contributed by atoms with Crippen LogP contribution in [0.2, 0.25) is 0 Å². The fourth-order valence-corrected chi connectivity index (χ4v) is 2.44. The lowest BCUT2D eigenvalue weighted by Gasteiger charge is -2.09. The lowest BCUT2D eigenvalue weighted by atomic mass is 9.95. The van der Waals surface area contributed by atoms with Gasteiger partial charge in [0, 0.05) is 29.8 Å². The number of rotatable bonds is 6. The van der Waals surface area contributed by atoms with Crippen LogP contribution < -0.4 is 0 Å². The average molecular weight is 342 g/mol. The maximum absolute atomic E-state index is 11.2. The molecule has 0 spiro atoms. The van der Waals surface area contributed by atoms with Gasteiger partial charge in [0.05, 0.1) is 9.85 Å². The molecule has 25 heavy (non-hydrogen) atoms. The lowest BCUT2D eigenvalue weighted by molar-refractivity contribution is -0.385. The molecule has 8 heteroatoms. The molecule has 2 rings (SSSR count). The van der Waals surface area contributed by atoms with Gasteiger partial charge >= 0.3 is 5.97 Å². The van der Waals surface area contributed by atoms with Crippen molar-refractivity contribution < 1.29 is 19.7 Å². The summed E-state index contributed by atoms with van der Waals surface area (Å²) in [4.78, 5) is 32.2. The first-order valence-electron chi connectivity index (χ1n) is 7.30. The summed E-state index contributed by atoms with van der Waals surface area (Å²) in [5, 5.41) is 31.3. The predicted molar refractivity (Wildman–Crippen MR) is 90.3 cm³/mol. The fourth-order valence-electron chi connectivity index (χ4n) is 2.44. The number of hydrogen-bond acceptors (Lipinski definition) is 5. The van der Waals surface area contributed by atoms with Crippen LogP contribution in [0.5, 0.6) is 0 Å². The first-order valence-corrected chi connectivity index (χ1v) is 7.30. The van der Waals surface area contributed by atoms with E-state index in [1.807, 2.05) is 0 Å². The number of aryl methyl sites for hydroxylation is 1. The zero-order valence-corrected chi connectivity index (χ0v) is 13.2. The Hall–Kier alpha value is -3.55. The van der Waals surface area contributed by atoms with Gasteiger partial charge in [-0.1, -0.05) is 31.2 Å². The van der Waals surface area contributed by atoms with Gasteiger partial charge in [-0.3, -0.25) is 20.2 Å². The van der Waals surface area contributed by atoms with E-state index in [0.29, 0.717) is 17.5 Å². The van der Waals surface area contributed by atoms with Gasteiger partial charge in [0.25, 0.3) is 11.4 Å². The number of aliphatic carboxylic acids is 1. The van der Waals surface area contributed by atoms with Crippen LogP contribution in [0.15, 0.2) is 48.5 Å². The summed E-state index contributed by atoms with van der Waals surface area (Å²) in [6.45, 7) is 1.77. The third kappa shape index (κ3) is 4.05. The highest BCUT2D eigenvalue weighted by Crippen LogP contribution is 2.30. The van der Waals surface area contributed by atoms with E-state index in [1.165, 1.54) is 30.3 Å². The monoisotopic (exact) mass is 342 g/mol. The third-order valence-corrected chi connectivity index (χ3v) is 3.61. The van der Waals surface area contributed by atoms with Crippen molar-refractivity contribution in [3.05, 3.63) is 85.5 Å². The minimum atomic E-state index is -1.26. The standard InChI is InChI=1S/C17H14N2O6/c1-2-11-6-7-13(9-16(11)19(24)25)15(10-17(20)21)12-4-3-5-14(8-12)18(22)23/h3-10H,2H2,1H3,(H,20,21). The zero-order valence-electron chi connectivity index (χ0n) is 13.2. The Labute approximate surface area is 142 Å². The van der Waals surface area contributed by atoms with Crippen LogP contribution in [-0.2, 0) is 11.2 Å². The minimum Gasteiger partial charge on any atom is -0.478 e. The van der Waals surface area contributed by atoms with Crippen molar-refractivity contribution in [2.75, 3.05) is 0 Å². The molecule has 0 amide bonds. The van der Waals surface area contributed by atoms with Crippen LogP contribution in [0.3, 0.4) is 0 Å². The molecule has 0 saturated heterocycles. The highest BCUT2D eigenvalue weighted by atomic mass is 16.6. The summed E-state index contributed by atoms with van der Waals surface area (Å²) in [7, 11) is 0. The molecule has 0 aliphatic heterocycles. The number of nitrogens with zero attached hydrogens (tertiary/aromatic N) is 2. The largest absolute Gasteiger partial charge is 0.478 e. The van der Waals surface area contributed by atoms with E-state index in [2.05, 4.69) is 0 Å². The number of benzene rings is 2. The quantitative estimate of drug-likeness (QED) is 0.486. The Balaban J connectivity index is 2.66. The summed E-state index contributed by atoms with van der Waals surface area (Å²) in [5.74, 6) is -1.26. The molecule has 0 bridgehead atoms. The average Bonchev–Trinajstić information content (AvgIpc) is 2.59. The number of nitro benzene ring substituents is 2. The Kier molecular flexibility index (Phi) is 5.23. The Bertz CT molecular complexity index is 888. The van der Waals surface area contributed by atoms with Crippen molar-refractivity contribution in [1.29, 1.82) is 0 Å². The summed E-state index contributed by atoms with van der Waals surface area (Å²) < 4.78 is 0. The molecule has 2 aromatic carbocycles. The maximum atomic E-state index is 11.2. The highest BCUT2D eigenvalue weighted by molar-refractivity contribution is 5.95. The van der Waals surface area contributed by atoms with Gasteiger partial charge in [-0.25, -0.2) is 4.79 Å². The van der Waals surface area contributed by atoms with Crippen molar-refractivity contribution >= 4 is 22.9 Å². The molecule has 8 nitrogen and oxygen atoms in total. The topological polar surface area (TPSA) is 124 Å². The minimum absolute atomic E-state index is 0.123. The van der Waals surface area contributed by atoms with E-state index >= 15 is 0 Å². The molecule has 0 unspecified atom stereocenters. The van der Waals surface area contributed by atoms with Crippen molar-refractivity contribution in [2.45, 2.75) is 13.3 Å². The Morgan fingerprint density at radius 2 is 1.76 bits per heavy atom. The summed E-state index contributed by atoms with van der Waals surface area (Å²) in [6, 6.07) is 9.87. The molecular formula is C17H14N2O6. The second-order valence-corrected chi connectivity index (χ2v) is 5.16. The van der Waals surface area contributed by atoms with Crippen molar-refractivity contribution in [1.82, 2.24) is 0 Å². The number of carboxylic acids is 1. The molecule has 0 aliphatic carbocycles. The van der Waals surface area contributed by atoms with Gasteiger partial charge in [0.15, 0.2) is 0 Å². The van der Waals surface area contributed by atoms with E-state index in [-0.39, 0.29) is 22.5 Å². The van der Waals surface area contributed by atoms with E-state index < -0.39 is 15.8 Å². The smallest absolute Gasteiger partial charge is 0.328 e. The van der Waals surface area contributed by atoms with Crippen LogP contribution >= 0.6 is 0 Å². The van der Waals surface area contributed by atoms with Crippen molar-refractivity contribution in [3.8, 4) is 0 Å². The lowest BCUT2D eigenvalue weighted by Crippen LogP contribution is -1.99. The summed E-state index contributed by atoms with van der Waals surface area (Å²) in [6.07, 6.45) is 1.33. The van der Waals surface area contributed by atoms with Gasteiger partial charge < -0.3 is 5.11 Å². The van der Waals surface area contributed by atoms with Gasteiger partial charge in [-0.15, -0.1) is 0 Å². The molecular weight excluding hydrogens is 328 g/mol. The van der Waals surface area contributed by atoms with E-state index in [0.717, 1.165) is 6.08 Å². The third-order valence-electron chi connectivity index (χ3n) is 3.61. The fraction of sp³-hybridized carbons (Fsp3) is 0.118. The second-order valence-electron chi connectivity index (χ2n) is 5.16.